The van der Waals surface area contributed by atoms with Crippen LogP contribution in [-0.2, 0) is 6.54 Å². The number of aryl methyl sites for hydroxylation is 1. The van der Waals surface area contributed by atoms with Gasteiger partial charge >= 0.3 is 0 Å². The molecule has 102 valence electrons. The average molecular weight is 249 g/mol. The second kappa shape index (κ2) is 8.15. The molecule has 2 nitrogen and oxygen atoms in total. The Bertz CT molecular complexity index is 349. The third-order valence-corrected chi connectivity index (χ3v) is 3.24. The van der Waals surface area contributed by atoms with Gasteiger partial charge in [-0.1, -0.05) is 45.4 Å². The Labute approximate surface area is 112 Å². The summed E-state index contributed by atoms with van der Waals surface area (Å²) in [5.74, 6) is 1.68. The molecular formula is C16H27NO. The number of nitrogens with one attached hydrogen (secondary N) is 1. The second-order valence-corrected chi connectivity index (χ2v) is 5.06. The fourth-order valence-corrected chi connectivity index (χ4v) is 1.80. The molecule has 0 amide bonds. The molecule has 1 unspecified atom stereocenters. The van der Waals surface area contributed by atoms with Crippen molar-refractivity contribution in [3.8, 4) is 5.75 Å². The maximum absolute atomic E-state index is 6.01. The monoisotopic (exact) mass is 249 g/mol. The van der Waals surface area contributed by atoms with Crippen LogP contribution in [0.4, 0.5) is 0 Å². The van der Waals surface area contributed by atoms with Gasteiger partial charge in [-0.2, -0.15) is 0 Å². The predicted molar refractivity (Wildman–Crippen MR) is 78.1 cm³/mol. The van der Waals surface area contributed by atoms with Crippen LogP contribution in [0.1, 0.15) is 44.7 Å². The van der Waals surface area contributed by atoms with Gasteiger partial charge in [-0.05, 0) is 31.4 Å². The largest absolute Gasteiger partial charge is 0.493 e. The topological polar surface area (TPSA) is 21.3 Å². The van der Waals surface area contributed by atoms with E-state index in [4.69, 9.17) is 4.74 Å². The van der Waals surface area contributed by atoms with Gasteiger partial charge in [0.1, 0.15) is 5.75 Å². The molecule has 0 aromatic heterocycles. The van der Waals surface area contributed by atoms with Crippen molar-refractivity contribution in [1.29, 1.82) is 0 Å². The van der Waals surface area contributed by atoms with Crippen molar-refractivity contribution >= 4 is 0 Å². The number of para-hydroxylation sites is 1. The van der Waals surface area contributed by atoms with Crippen molar-refractivity contribution in [2.24, 2.45) is 5.92 Å². The SMILES string of the molecule is CCCNCc1cccc(C)c1OCC(C)CC. The lowest BCUT2D eigenvalue weighted by Gasteiger charge is -2.17. The third-order valence-electron chi connectivity index (χ3n) is 3.24. The minimum absolute atomic E-state index is 0.612. The van der Waals surface area contributed by atoms with E-state index in [2.05, 4.69) is 51.2 Å². The number of benzene rings is 1. The molecule has 0 radical (unpaired) electrons. The normalized spacial score (nSPS) is 12.4. The van der Waals surface area contributed by atoms with Crippen LogP contribution in [0.25, 0.3) is 0 Å². The summed E-state index contributed by atoms with van der Waals surface area (Å²) >= 11 is 0. The molecule has 18 heavy (non-hydrogen) atoms. The Balaban J connectivity index is 2.67. The average Bonchev–Trinajstić information content (AvgIpc) is 2.38. The van der Waals surface area contributed by atoms with Gasteiger partial charge in [0.2, 0.25) is 0 Å². The van der Waals surface area contributed by atoms with Crippen molar-refractivity contribution in [3.05, 3.63) is 29.3 Å². The smallest absolute Gasteiger partial charge is 0.126 e. The summed E-state index contributed by atoms with van der Waals surface area (Å²) in [4.78, 5) is 0. The summed E-state index contributed by atoms with van der Waals surface area (Å²) < 4.78 is 6.01. The van der Waals surface area contributed by atoms with E-state index in [1.165, 1.54) is 11.1 Å². The molecule has 0 heterocycles. The van der Waals surface area contributed by atoms with E-state index in [0.717, 1.165) is 38.3 Å². The highest BCUT2D eigenvalue weighted by molar-refractivity contribution is 5.40. The molecule has 1 aromatic rings. The first-order valence-electron chi connectivity index (χ1n) is 7.11. The van der Waals surface area contributed by atoms with E-state index in [1.807, 2.05) is 0 Å². The van der Waals surface area contributed by atoms with Crippen LogP contribution in [0, 0.1) is 12.8 Å². The van der Waals surface area contributed by atoms with Gasteiger partial charge in [-0.25, -0.2) is 0 Å². The molecule has 0 bridgehead atoms. The fourth-order valence-electron chi connectivity index (χ4n) is 1.80. The molecule has 2 heteroatoms. The molecule has 0 aliphatic carbocycles. The van der Waals surface area contributed by atoms with Gasteiger partial charge in [0.25, 0.3) is 0 Å². The van der Waals surface area contributed by atoms with Crippen molar-refractivity contribution in [2.75, 3.05) is 13.2 Å². The number of hydrogen-bond acceptors (Lipinski definition) is 2. The Morgan fingerprint density at radius 1 is 1.28 bits per heavy atom. The van der Waals surface area contributed by atoms with Crippen molar-refractivity contribution in [2.45, 2.75) is 47.1 Å². The standard InChI is InChI=1S/C16H27NO/c1-5-10-17-11-15-9-7-8-14(4)16(15)18-12-13(3)6-2/h7-9,13,17H,5-6,10-12H2,1-4H3. The summed E-state index contributed by atoms with van der Waals surface area (Å²) in [6.45, 7) is 11.5. The summed E-state index contributed by atoms with van der Waals surface area (Å²) in [6.07, 6.45) is 2.32. The van der Waals surface area contributed by atoms with Gasteiger partial charge < -0.3 is 10.1 Å². The highest BCUT2D eigenvalue weighted by atomic mass is 16.5. The van der Waals surface area contributed by atoms with Crippen LogP contribution in [0.2, 0.25) is 0 Å². The molecule has 0 aliphatic rings. The summed E-state index contributed by atoms with van der Waals surface area (Å²) in [6, 6.07) is 6.38. The molecule has 0 fully saturated rings. The zero-order valence-corrected chi connectivity index (χ0v) is 12.3. The zero-order valence-electron chi connectivity index (χ0n) is 12.3. The lowest BCUT2D eigenvalue weighted by atomic mass is 10.1. The lowest BCUT2D eigenvalue weighted by Crippen LogP contribution is -2.16. The maximum atomic E-state index is 6.01. The van der Waals surface area contributed by atoms with E-state index in [9.17, 15) is 0 Å². The minimum Gasteiger partial charge on any atom is -0.493 e. The van der Waals surface area contributed by atoms with E-state index >= 15 is 0 Å². The van der Waals surface area contributed by atoms with E-state index in [1.54, 1.807) is 0 Å². The predicted octanol–water partition coefficient (Wildman–Crippen LogP) is 3.92. The van der Waals surface area contributed by atoms with E-state index in [-0.39, 0.29) is 0 Å². The first-order chi connectivity index (χ1) is 8.69. The number of ether oxygens (including phenoxy) is 1. The fraction of sp³-hybridized carbons (Fsp3) is 0.625. The van der Waals surface area contributed by atoms with Crippen LogP contribution >= 0.6 is 0 Å². The van der Waals surface area contributed by atoms with Crippen molar-refractivity contribution < 1.29 is 4.74 Å². The van der Waals surface area contributed by atoms with Crippen LogP contribution in [0.3, 0.4) is 0 Å². The van der Waals surface area contributed by atoms with Gasteiger partial charge in [-0.3, -0.25) is 0 Å². The van der Waals surface area contributed by atoms with Gasteiger partial charge in [0, 0.05) is 12.1 Å². The van der Waals surface area contributed by atoms with Crippen LogP contribution in [0.15, 0.2) is 18.2 Å². The molecule has 0 saturated heterocycles. The highest BCUT2D eigenvalue weighted by Crippen LogP contribution is 2.24. The van der Waals surface area contributed by atoms with Crippen molar-refractivity contribution in [1.82, 2.24) is 5.32 Å². The molecule has 1 aromatic carbocycles. The maximum Gasteiger partial charge on any atom is 0.126 e. The van der Waals surface area contributed by atoms with Crippen LogP contribution in [-0.4, -0.2) is 13.2 Å². The summed E-state index contributed by atoms with van der Waals surface area (Å²) in [5, 5.41) is 3.44. The summed E-state index contributed by atoms with van der Waals surface area (Å²) in [5.41, 5.74) is 2.50. The quantitative estimate of drug-likeness (QED) is 0.705. The van der Waals surface area contributed by atoms with Gasteiger partial charge in [0.05, 0.1) is 6.61 Å². The first-order valence-corrected chi connectivity index (χ1v) is 7.11. The highest BCUT2D eigenvalue weighted by Gasteiger charge is 2.08. The minimum atomic E-state index is 0.612. The van der Waals surface area contributed by atoms with Crippen LogP contribution in [0.5, 0.6) is 5.75 Å². The third kappa shape index (κ3) is 4.69. The molecule has 0 spiro atoms. The number of rotatable bonds is 8. The molecular weight excluding hydrogens is 222 g/mol. The van der Waals surface area contributed by atoms with E-state index in [0.29, 0.717) is 5.92 Å². The Kier molecular flexibility index (Phi) is 6.81. The Morgan fingerprint density at radius 3 is 2.72 bits per heavy atom. The molecule has 1 N–H and O–H groups in total. The lowest BCUT2D eigenvalue weighted by molar-refractivity contribution is 0.252. The van der Waals surface area contributed by atoms with Gasteiger partial charge in [0.15, 0.2) is 0 Å². The molecule has 0 aliphatic heterocycles. The van der Waals surface area contributed by atoms with E-state index < -0.39 is 0 Å². The zero-order chi connectivity index (χ0) is 13.4. The Hall–Kier alpha value is -1.02. The molecule has 0 saturated carbocycles. The second-order valence-electron chi connectivity index (χ2n) is 5.06. The first kappa shape index (κ1) is 15.0. The van der Waals surface area contributed by atoms with Gasteiger partial charge in [-0.15, -0.1) is 0 Å². The van der Waals surface area contributed by atoms with Crippen molar-refractivity contribution in [3.63, 3.8) is 0 Å². The molecule has 1 atom stereocenters. The Morgan fingerprint density at radius 2 is 2.06 bits per heavy atom. The molecule has 1 rings (SSSR count). The number of hydrogen-bond donors (Lipinski definition) is 1. The summed E-state index contributed by atoms with van der Waals surface area (Å²) in [7, 11) is 0. The van der Waals surface area contributed by atoms with Crippen LogP contribution < -0.4 is 10.1 Å².